The van der Waals surface area contributed by atoms with Gasteiger partial charge in [-0.2, -0.15) is 5.10 Å². The van der Waals surface area contributed by atoms with Gasteiger partial charge in [-0.3, -0.25) is 4.68 Å². The molecule has 0 radical (unpaired) electrons. The number of methoxy groups -OCH3 is 1. The van der Waals surface area contributed by atoms with Gasteiger partial charge in [0.1, 0.15) is 0 Å². The summed E-state index contributed by atoms with van der Waals surface area (Å²) in [7, 11) is 1.64. The average molecular weight is 260 g/mol. The zero-order chi connectivity index (χ0) is 13.8. The average Bonchev–Trinajstić information content (AvgIpc) is 2.85. The van der Waals surface area contributed by atoms with Crippen molar-refractivity contribution in [2.75, 3.05) is 13.7 Å². The van der Waals surface area contributed by atoms with Crippen LogP contribution in [0.25, 0.3) is 11.1 Å². The van der Waals surface area contributed by atoms with Crippen LogP contribution in [-0.4, -0.2) is 34.6 Å². The van der Waals surface area contributed by atoms with Crippen molar-refractivity contribution in [3.63, 3.8) is 0 Å². The molecule has 0 saturated heterocycles. The van der Waals surface area contributed by atoms with E-state index < -0.39 is 5.97 Å². The third-order valence-electron chi connectivity index (χ3n) is 2.95. The smallest absolute Gasteiger partial charge is 0.335 e. The van der Waals surface area contributed by atoms with E-state index in [9.17, 15) is 4.79 Å². The SMILES string of the molecule is COCCn1cc(-c2cc(C(=O)O)ccc2C)cn1. The molecule has 0 saturated carbocycles. The molecular formula is C14H16N2O3. The Morgan fingerprint density at radius 1 is 1.47 bits per heavy atom. The summed E-state index contributed by atoms with van der Waals surface area (Å²) in [6.07, 6.45) is 3.64. The largest absolute Gasteiger partial charge is 0.478 e. The Kier molecular flexibility index (Phi) is 3.97. The molecule has 0 amide bonds. The summed E-state index contributed by atoms with van der Waals surface area (Å²) >= 11 is 0. The third-order valence-corrected chi connectivity index (χ3v) is 2.95. The summed E-state index contributed by atoms with van der Waals surface area (Å²) in [5.41, 5.74) is 3.11. The maximum Gasteiger partial charge on any atom is 0.335 e. The molecule has 0 aliphatic carbocycles. The third kappa shape index (κ3) is 3.00. The number of hydrogen-bond acceptors (Lipinski definition) is 3. The molecule has 0 spiro atoms. The van der Waals surface area contributed by atoms with Crippen LogP contribution >= 0.6 is 0 Å². The first-order valence-corrected chi connectivity index (χ1v) is 5.97. The van der Waals surface area contributed by atoms with Gasteiger partial charge in [0.05, 0.1) is 24.9 Å². The van der Waals surface area contributed by atoms with E-state index in [-0.39, 0.29) is 5.56 Å². The molecular weight excluding hydrogens is 244 g/mol. The minimum absolute atomic E-state index is 0.283. The Balaban J connectivity index is 2.32. The highest BCUT2D eigenvalue weighted by molar-refractivity contribution is 5.89. The highest BCUT2D eigenvalue weighted by atomic mass is 16.5. The van der Waals surface area contributed by atoms with Gasteiger partial charge in [0.15, 0.2) is 0 Å². The lowest BCUT2D eigenvalue weighted by Crippen LogP contribution is -2.03. The molecule has 2 rings (SSSR count). The molecule has 1 heterocycles. The van der Waals surface area contributed by atoms with Gasteiger partial charge < -0.3 is 9.84 Å². The predicted octanol–water partition coefficient (Wildman–Crippen LogP) is 2.20. The highest BCUT2D eigenvalue weighted by Crippen LogP contribution is 2.24. The number of ether oxygens (including phenoxy) is 1. The van der Waals surface area contributed by atoms with Gasteiger partial charge in [0, 0.05) is 18.9 Å². The number of aromatic nitrogens is 2. The van der Waals surface area contributed by atoms with Gasteiger partial charge >= 0.3 is 5.97 Å². The van der Waals surface area contributed by atoms with Crippen molar-refractivity contribution in [1.29, 1.82) is 0 Å². The molecule has 5 nitrogen and oxygen atoms in total. The summed E-state index contributed by atoms with van der Waals surface area (Å²) in [5, 5.41) is 13.3. The molecule has 2 aromatic rings. The van der Waals surface area contributed by atoms with E-state index in [4.69, 9.17) is 9.84 Å². The quantitative estimate of drug-likeness (QED) is 0.895. The van der Waals surface area contributed by atoms with E-state index in [0.717, 1.165) is 16.7 Å². The van der Waals surface area contributed by atoms with Crippen LogP contribution in [0.1, 0.15) is 15.9 Å². The number of carboxylic acid groups (broad SMARTS) is 1. The van der Waals surface area contributed by atoms with Gasteiger partial charge in [-0.05, 0) is 30.2 Å². The second kappa shape index (κ2) is 5.67. The van der Waals surface area contributed by atoms with Crippen molar-refractivity contribution < 1.29 is 14.6 Å². The van der Waals surface area contributed by atoms with Crippen LogP contribution in [-0.2, 0) is 11.3 Å². The van der Waals surface area contributed by atoms with E-state index >= 15 is 0 Å². The lowest BCUT2D eigenvalue weighted by molar-refractivity contribution is 0.0697. The summed E-state index contributed by atoms with van der Waals surface area (Å²) in [4.78, 5) is 11.0. The van der Waals surface area contributed by atoms with Crippen LogP contribution in [0.5, 0.6) is 0 Å². The van der Waals surface area contributed by atoms with Gasteiger partial charge in [0.2, 0.25) is 0 Å². The molecule has 0 aliphatic rings. The summed E-state index contributed by atoms with van der Waals surface area (Å²) < 4.78 is 6.78. The van der Waals surface area contributed by atoms with Crippen molar-refractivity contribution in [2.24, 2.45) is 0 Å². The Labute approximate surface area is 111 Å². The standard InChI is InChI=1S/C14H16N2O3/c1-10-3-4-11(14(17)18)7-13(10)12-8-15-16(9-12)5-6-19-2/h3-4,7-9H,5-6H2,1-2H3,(H,17,18). The van der Waals surface area contributed by atoms with Crippen molar-refractivity contribution >= 4 is 5.97 Å². The second-order valence-electron chi connectivity index (χ2n) is 4.32. The van der Waals surface area contributed by atoms with Crippen LogP contribution in [0.3, 0.4) is 0 Å². The number of hydrogen-bond donors (Lipinski definition) is 1. The molecule has 0 unspecified atom stereocenters. The number of carboxylic acids is 1. The zero-order valence-electron chi connectivity index (χ0n) is 11.0. The van der Waals surface area contributed by atoms with E-state index in [1.807, 2.05) is 19.2 Å². The monoisotopic (exact) mass is 260 g/mol. The molecule has 1 N–H and O–H groups in total. The van der Waals surface area contributed by atoms with Gasteiger partial charge in [0.25, 0.3) is 0 Å². The van der Waals surface area contributed by atoms with Gasteiger partial charge in [-0.1, -0.05) is 6.07 Å². The maximum atomic E-state index is 11.0. The molecule has 1 aromatic heterocycles. The highest BCUT2D eigenvalue weighted by Gasteiger charge is 2.09. The first kappa shape index (κ1) is 13.3. The van der Waals surface area contributed by atoms with Crippen LogP contribution in [0.2, 0.25) is 0 Å². The molecule has 5 heteroatoms. The van der Waals surface area contributed by atoms with Gasteiger partial charge in [-0.15, -0.1) is 0 Å². The molecule has 0 bridgehead atoms. The fourth-order valence-corrected chi connectivity index (χ4v) is 1.88. The lowest BCUT2D eigenvalue weighted by Gasteiger charge is -2.04. The zero-order valence-corrected chi connectivity index (χ0v) is 11.0. The molecule has 0 aliphatic heterocycles. The fourth-order valence-electron chi connectivity index (χ4n) is 1.88. The number of aryl methyl sites for hydroxylation is 1. The first-order valence-electron chi connectivity index (χ1n) is 5.97. The molecule has 0 atom stereocenters. The van der Waals surface area contributed by atoms with E-state index in [0.29, 0.717) is 13.2 Å². The minimum Gasteiger partial charge on any atom is -0.478 e. The Hall–Kier alpha value is -2.14. The summed E-state index contributed by atoms with van der Waals surface area (Å²) in [6, 6.07) is 5.09. The van der Waals surface area contributed by atoms with Crippen LogP contribution < -0.4 is 0 Å². The van der Waals surface area contributed by atoms with Crippen LogP contribution in [0, 0.1) is 6.92 Å². The number of benzene rings is 1. The van der Waals surface area contributed by atoms with Gasteiger partial charge in [-0.25, -0.2) is 4.79 Å². The lowest BCUT2D eigenvalue weighted by atomic mass is 10.0. The topological polar surface area (TPSA) is 64.3 Å². The summed E-state index contributed by atoms with van der Waals surface area (Å²) in [5.74, 6) is -0.923. The van der Waals surface area contributed by atoms with Crippen LogP contribution in [0.4, 0.5) is 0 Å². The molecule has 0 fully saturated rings. The van der Waals surface area contributed by atoms with Crippen molar-refractivity contribution in [2.45, 2.75) is 13.5 Å². The second-order valence-corrected chi connectivity index (χ2v) is 4.32. The van der Waals surface area contributed by atoms with E-state index in [1.165, 1.54) is 0 Å². The number of nitrogens with zero attached hydrogens (tertiary/aromatic N) is 2. The van der Waals surface area contributed by atoms with Crippen molar-refractivity contribution in [3.8, 4) is 11.1 Å². The first-order chi connectivity index (χ1) is 9.11. The normalized spacial score (nSPS) is 10.6. The van der Waals surface area contributed by atoms with E-state index in [1.54, 1.807) is 30.1 Å². The van der Waals surface area contributed by atoms with Crippen LogP contribution in [0.15, 0.2) is 30.6 Å². The van der Waals surface area contributed by atoms with E-state index in [2.05, 4.69) is 5.10 Å². The Bertz CT molecular complexity index is 590. The number of rotatable bonds is 5. The minimum atomic E-state index is -0.923. The molecule has 19 heavy (non-hydrogen) atoms. The Morgan fingerprint density at radius 3 is 2.95 bits per heavy atom. The van der Waals surface area contributed by atoms with Crippen molar-refractivity contribution in [1.82, 2.24) is 9.78 Å². The predicted molar refractivity (Wildman–Crippen MR) is 71.2 cm³/mol. The Morgan fingerprint density at radius 2 is 2.26 bits per heavy atom. The van der Waals surface area contributed by atoms with Crippen molar-refractivity contribution in [3.05, 3.63) is 41.7 Å². The number of aromatic carboxylic acids is 1. The number of carbonyl (C=O) groups is 1. The molecule has 100 valence electrons. The maximum absolute atomic E-state index is 11.0. The molecule has 1 aromatic carbocycles. The summed E-state index contributed by atoms with van der Waals surface area (Å²) in [6.45, 7) is 3.22. The fraction of sp³-hybridized carbons (Fsp3) is 0.286.